The molecule has 0 radical (unpaired) electrons. The summed E-state index contributed by atoms with van der Waals surface area (Å²) < 4.78 is 26.3. The van der Waals surface area contributed by atoms with E-state index in [1.165, 1.54) is 12.1 Å². The maximum atomic E-state index is 14.3. The molecule has 3 aromatic rings. The Bertz CT molecular complexity index is 1020. The minimum atomic E-state index is -0.558. The lowest BCUT2D eigenvalue weighted by Gasteiger charge is -2.29. The molecule has 4 rings (SSSR count). The van der Waals surface area contributed by atoms with Gasteiger partial charge in [-0.05, 0) is 12.1 Å². The predicted octanol–water partition coefficient (Wildman–Crippen LogP) is 3.37. The molecule has 0 saturated carbocycles. The number of likely N-dealkylation sites (N-methyl/N-ethyl adjacent to an activating group) is 1. The Morgan fingerprint density at radius 3 is 2.40 bits per heavy atom. The van der Waals surface area contributed by atoms with Crippen LogP contribution in [0.3, 0.4) is 0 Å². The summed E-state index contributed by atoms with van der Waals surface area (Å²) in [7, 11) is 3.88. The van der Waals surface area contributed by atoms with Crippen molar-refractivity contribution in [1.29, 1.82) is 0 Å². The predicted molar refractivity (Wildman–Crippen MR) is 112 cm³/mol. The van der Waals surface area contributed by atoms with Crippen LogP contribution in [0.1, 0.15) is 33.3 Å². The lowest BCUT2D eigenvalue weighted by molar-refractivity contribution is -0.874. The summed E-state index contributed by atoms with van der Waals surface area (Å²) in [6.45, 7) is 0.256. The highest BCUT2D eigenvalue weighted by Crippen LogP contribution is 2.37. The molecule has 0 aromatic heterocycles. The van der Waals surface area contributed by atoms with Crippen LogP contribution < -0.4 is 9.64 Å². The number of ketones is 1. The average Bonchev–Trinajstić information content (AvgIpc) is 2.77. The van der Waals surface area contributed by atoms with Crippen LogP contribution in [0.5, 0.6) is 5.75 Å². The fourth-order valence-corrected chi connectivity index (χ4v) is 3.79. The van der Waals surface area contributed by atoms with Gasteiger partial charge in [0.25, 0.3) is 0 Å². The second-order valence-electron chi connectivity index (χ2n) is 7.79. The Labute approximate surface area is 175 Å². The number of fused-ring (bicyclic) bond motifs is 1. The first-order chi connectivity index (χ1) is 14.5. The van der Waals surface area contributed by atoms with E-state index >= 15 is 0 Å². The molecule has 30 heavy (non-hydrogen) atoms. The van der Waals surface area contributed by atoms with Gasteiger partial charge < -0.3 is 14.4 Å². The van der Waals surface area contributed by atoms with Crippen molar-refractivity contribution in [3.05, 3.63) is 101 Å². The van der Waals surface area contributed by atoms with E-state index in [1.807, 2.05) is 74.8 Å². The lowest BCUT2D eigenvalue weighted by atomic mass is 9.94. The summed E-state index contributed by atoms with van der Waals surface area (Å²) in [4.78, 5) is 14.1. The minimum absolute atomic E-state index is 0.0280. The highest BCUT2D eigenvalue weighted by Gasteiger charge is 2.31. The van der Waals surface area contributed by atoms with Gasteiger partial charge in [0.1, 0.15) is 11.6 Å². The van der Waals surface area contributed by atoms with Crippen molar-refractivity contribution in [2.24, 2.45) is 0 Å². The van der Waals surface area contributed by atoms with E-state index < -0.39 is 6.29 Å². The van der Waals surface area contributed by atoms with Crippen LogP contribution in [-0.2, 0) is 17.8 Å². The molecule has 1 N–H and O–H groups in total. The number of carbonyl (C=O) groups excluding carboxylic acids is 1. The number of carbonyl (C=O) groups is 1. The number of nitrogens with one attached hydrogen (secondary N) is 1. The standard InChI is InChI=1S/C25H24FNO3/c1-27(2)22(23(28)17-9-5-3-6-10-17)15-19-13-21(26)14-20-16-29-25(30-24(19)20)18-11-7-4-8-12-18/h3-14,22,25H,15-16H2,1-2H3/p+1/t22-,25+/m0/s1. The first-order valence-electron chi connectivity index (χ1n) is 10.1. The Morgan fingerprint density at radius 1 is 1.07 bits per heavy atom. The van der Waals surface area contributed by atoms with Crippen LogP contribution in [0.25, 0.3) is 0 Å². The number of rotatable bonds is 6. The Hall–Kier alpha value is -3.02. The van der Waals surface area contributed by atoms with E-state index in [4.69, 9.17) is 9.47 Å². The van der Waals surface area contributed by atoms with E-state index in [0.29, 0.717) is 28.9 Å². The van der Waals surface area contributed by atoms with Gasteiger partial charge in [0, 0.05) is 28.7 Å². The first kappa shape index (κ1) is 20.3. The van der Waals surface area contributed by atoms with Gasteiger partial charge in [-0.15, -0.1) is 0 Å². The van der Waals surface area contributed by atoms with Gasteiger partial charge in [-0.3, -0.25) is 4.79 Å². The lowest BCUT2D eigenvalue weighted by Crippen LogP contribution is -3.11. The fourth-order valence-electron chi connectivity index (χ4n) is 3.79. The van der Waals surface area contributed by atoms with Crippen molar-refractivity contribution >= 4 is 5.78 Å². The van der Waals surface area contributed by atoms with Gasteiger partial charge in [0.2, 0.25) is 12.1 Å². The third-order valence-corrected chi connectivity index (χ3v) is 5.39. The van der Waals surface area contributed by atoms with Gasteiger partial charge in [-0.2, -0.15) is 0 Å². The highest BCUT2D eigenvalue weighted by atomic mass is 19.1. The van der Waals surface area contributed by atoms with Crippen LogP contribution in [-0.4, -0.2) is 25.9 Å². The van der Waals surface area contributed by atoms with Gasteiger partial charge in [0.05, 0.1) is 20.7 Å². The topological polar surface area (TPSA) is 40.0 Å². The smallest absolute Gasteiger partial charge is 0.227 e. The molecule has 0 saturated heterocycles. The Kier molecular flexibility index (Phi) is 5.93. The maximum absolute atomic E-state index is 14.3. The molecule has 0 spiro atoms. The second kappa shape index (κ2) is 8.78. The number of Topliss-reactive ketones (excluding diaryl/α,β-unsaturated/α-hetero) is 1. The fraction of sp³-hybridized carbons (Fsp3) is 0.240. The number of hydrogen-bond acceptors (Lipinski definition) is 3. The van der Waals surface area contributed by atoms with E-state index in [-0.39, 0.29) is 24.2 Å². The Balaban J connectivity index is 1.65. The summed E-state index contributed by atoms with van der Waals surface area (Å²) in [5, 5.41) is 0. The molecule has 5 heteroatoms. The Morgan fingerprint density at radius 2 is 1.73 bits per heavy atom. The molecule has 1 aliphatic rings. The van der Waals surface area contributed by atoms with Crippen LogP contribution in [0.15, 0.2) is 72.8 Å². The molecule has 1 heterocycles. The van der Waals surface area contributed by atoms with Crippen molar-refractivity contribution in [2.45, 2.75) is 25.4 Å². The number of quaternary nitrogens is 1. The van der Waals surface area contributed by atoms with E-state index in [0.717, 1.165) is 10.5 Å². The summed E-state index contributed by atoms with van der Waals surface area (Å²) in [5.74, 6) is 0.290. The first-order valence-corrected chi connectivity index (χ1v) is 10.1. The molecule has 2 atom stereocenters. The van der Waals surface area contributed by atoms with E-state index in [2.05, 4.69) is 0 Å². The summed E-state index contributed by atoms with van der Waals surface area (Å²) in [6.07, 6.45) is -0.185. The number of ether oxygens (including phenoxy) is 2. The quantitative estimate of drug-likeness (QED) is 0.638. The molecular formula is C25H25FNO3+. The second-order valence-corrected chi connectivity index (χ2v) is 7.79. The average molecular weight is 406 g/mol. The molecule has 0 aliphatic carbocycles. The van der Waals surface area contributed by atoms with Crippen molar-refractivity contribution in [3.63, 3.8) is 0 Å². The SMILES string of the molecule is C[NH+](C)[C@@H](Cc1cc(F)cc2c1O[C@H](c1ccccc1)OC2)C(=O)c1ccccc1. The maximum Gasteiger partial charge on any atom is 0.227 e. The molecule has 154 valence electrons. The molecular weight excluding hydrogens is 381 g/mol. The minimum Gasteiger partial charge on any atom is -0.460 e. The third kappa shape index (κ3) is 4.27. The molecule has 0 fully saturated rings. The normalized spacial score (nSPS) is 16.6. The van der Waals surface area contributed by atoms with Gasteiger partial charge in [-0.1, -0.05) is 60.7 Å². The molecule has 4 nitrogen and oxygen atoms in total. The zero-order chi connectivity index (χ0) is 21.1. The van der Waals surface area contributed by atoms with Crippen LogP contribution in [0.2, 0.25) is 0 Å². The molecule has 0 amide bonds. The van der Waals surface area contributed by atoms with Gasteiger partial charge >= 0.3 is 0 Å². The summed E-state index contributed by atoms with van der Waals surface area (Å²) in [5.41, 5.74) is 2.90. The number of benzene rings is 3. The monoisotopic (exact) mass is 406 g/mol. The number of halogens is 1. The third-order valence-electron chi connectivity index (χ3n) is 5.39. The van der Waals surface area contributed by atoms with Gasteiger partial charge in [-0.25, -0.2) is 4.39 Å². The molecule has 0 bridgehead atoms. The summed E-state index contributed by atoms with van der Waals surface area (Å²) in [6, 6.07) is 21.4. The van der Waals surface area contributed by atoms with E-state index in [9.17, 15) is 9.18 Å². The molecule has 0 unspecified atom stereocenters. The molecule has 1 aliphatic heterocycles. The molecule has 3 aromatic carbocycles. The zero-order valence-electron chi connectivity index (χ0n) is 17.1. The van der Waals surface area contributed by atoms with Gasteiger partial charge in [0.15, 0.2) is 6.04 Å². The van der Waals surface area contributed by atoms with Crippen LogP contribution >= 0.6 is 0 Å². The van der Waals surface area contributed by atoms with Crippen molar-refractivity contribution in [2.75, 3.05) is 14.1 Å². The van der Waals surface area contributed by atoms with Crippen molar-refractivity contribution < 1.29 is 23.6 Å². The van der Waals surface area contributed by atoms with Crippen molar-refractivity contribution in [1.82, 2.24) is 0 Å². The van der Waals surface area contributed by atoms with Crippen LogP contribution in [0, 0.1) is 5.82 Å². The summed E-state index contributed by atoms with van der Waals surface area (Å²) >= 11 is 0. The zero-order valence-corrected chi connectivity index (χ0v) is 17.1. The van der Waals surface area contributed by atoms with Crippen molar-refractivity contribution in [3.8, 4) is 5.75 Å². The van der Waals surface area contributed by atoms with Crippen LogP contribution in [0.4, 0.5) is 4.39 Å². The number of hydrogen-bond donors (Lipinski definition) is 1. The largest absolute Gasteiger partial charge is 0.460 e. The van der Waals surface area contributed by atoms with E-state index in [1.54, 1.807) is 0 Å². The highest BCUT2D eigenvalue weighted by molar-refractivity contribution is 5.99.